The van der Waals surface area contributed by atoms with E-state index in [-0.39, 0.29) is 18.9 Å². The Morgan fingerprint density at radius 2 is 2.10 bits per heavy atom. The van der Waals surface area contributed by atoms with Crippen molar-refractivity contribution in [2.75, 3.05) is 5.32 Å². The fourth-order valence-corrected chi connectivity index (χ4v) is 2.05. The minimum absolute atomic E-state index is 0.119. The van der Waals surface area contributed by atoms with Gasteiger partial charge in [-0.3, -0.25) is 14.6 Å². The van der Waals surface area contributed by atoms with E-state index in [0.717, 1.165) is 5.56 Å². The summed E-state index contributed by atoms with van der Waals surface area (Å²) in [5, 5.41) is 3.36. The SMILES string of the molecule is Cc1cc(Cl)ccc1NC(=O)CCn1ccc(=O)[nH]c1=O. The lowest BCUT2D eigenvalue weighted by Gasteiger charge is -2.09. The van der Waals surface area contributed by atoms with Gasteiger partial charge in [-0.2, -0.15) is 0 Å². The molecule has 2 N–H and O–H groups in total. The number of carbonyl (C=O) groups is 1. The number of benzene rings is 1. The van der Waals surface area contributed by atoms with Gasteiger partial charge in [-0.15, -0.1) is 0 Å². The van der Waals surface area contributed by atoms with Crippen LogP contribution in [0.25, 0.3) is 0 Å². The van der Waals surface area contributed by atoms with Crippen molar-refractivity contribution in [2.24, 2.45) is 0 Å². The zero-order valence-corrected chi connectivity index (χ0v) is 12.1. The van der Waals surface area contributed by atoms with Crippen LogP contribution in [0, 0.1) is 6.92 Å². The van der Waals surface area contributed by atoms with Gasteiger partial charge in [0.25, 0.3) is 5.56 Å². The molecule has 1 aromatic heterocycles. The number of H-pyrrole nitrogens is 1. The van der Waals surface area contributed by atoms with Crippen molar-refractivity contribution in [2.45, 2.75) is 19.9 Å². The van der Waals surface area contributed by atoms with Gasteiger partial charge < -0.3 is 9.88 Å². The second-order valence-corrected chi connectivity index (χ2v) is 5.00. The van der Waals surface area contributed by atoms with Gasteiger partial charge in [0.05, 0.1) is 0 Å². The first-order valence-electron chi connectivity index (χ1n) is 6.31. The maximum absolute atomic E-state index is 11.9. The Balaban J connectivity index is 1.99. The van der Waals surface area contributed by atoms with Crippen LogP contribution in [0.2, 0.25) is 5.02 Å². The zero-order valence-electron chi connectivity index (χ0n) is 11.4. The zero-order chi connectivity index (χ0) is 15.4. The average Bonchev–Trinajstić information content (AvgIpc) is 2.41. The Hall–Kier alpha value is -2.34. The Morgan fingerprint density at radius 3 is 2.76 bits per heavy atom. The lowest BCUT2D eigenvalue weighted by atomic mass is 10.2. The lowest BCUT2D eigenvalue weighted by Crippen LogP contribution is -2.29. The van der Waals surface area contributed by atoms with Crippen LogP contribution in [-0.4, -0.2) is 15.5 Å². The molecular weight excluding hydrogens is 294 g/mol. The molecule has 110 valence electrons. The van der Waals surface area contributed by atoms with E-state index in [1.165, 1.54) is 16.8 Å². The van der Waals surface area contributed by atoms with Gasteiger partial charge in [-0.25, -0.2) is 4.79 Å². The average molecular weight is 308 g/mol. The van der Waals surface area contributed by atoms with E-state index in [1.807, 2.05) is 6.92 Å². The molecule has 0 spiro atoms. The van der Waals surface area contributed by atoms with E-state index in [9.17, 15) is 14.4 Å². The first-order valence-corrected chi connectivity index (χ1v) is 6.69. The second-order valence-electron chi connectivity index (χ2n) is 4.56. The smallest absolute Gasteiger partial charge is 0.326 e. The number of aromatic amines is 1. The largest absolute Gasteiger partial charge is 0.328 e. The molecule has 0 unspecified atom stereocenters. The lowest BCUT2D eigenvalue weighted by molar-refractivity contribution is -0.116. The first kappa shape index (κ1) is 15.1. The van der Waals surface area contributed by atoms with Gasteiger partial charge >= 0.3 is 5.69 Å². The van der Waals surface area contributed by atoms with Crippen LogP contribution in [0.1, 0.15) is 12.0 Å². The molecule has 0 saturated carbocycles. The van der Waals surface area contributed by atoms with Crippen LogP contribution >= 0.6 is 11.6 Å². The molecular formula is C14H14ClN3O3. The summed E-state index contributed by atoms with van der Waals surface area (Å²) in [6, 6.07) is 6.41. The van der Waals surface area contributed by atoms with Crippen molar-refractivity contribution in [3.05, 3.63) is 61.9 Å². The van der Waals surface area contributed by atoms with Gasteiger partial charge in [0.2, 0.25) is 5.91 Å². The highest BCUT2D eigenvalue weighted by atomic mass is 35.5. The van der Waals surface area contributed by atoms with E-state index in [0.29, 0.717) is 10.7 Å². The number of hydrogen-bond acceptors (Lipinski definition) is 3. The topological polar surface area (TPSA) is 84.0 Å². The third kappa shape index (κ3) is 4.06. The molecule has 0 aliphatic carbocycles. The molecule has 1 amide bonds. The molecule has 1 heterocycles. The number of nitrogens with one attached hydrogen (secondary N) is 2. The van der Waals surface area contributed by atoms with Crippen LogP contribution in [0.4, 0.5) is 5.69 Å². The molecule has 2 aromatic rings. The van der Waals surface area contributed by atoms with E-state index < -0.39 is 11.2 Å². The number of amides is 1. The van der Waals surface area contributed by atoms with Crippen LogP contribution in [0.5, 0.6) is 0 Å². The molecule has 0 bridgehead atoms. The van der Waals surface area contributed by atoms with Crippen molar-refractivity contribution >= 4 is 23.2 Å². The molecule has 1 aromatic carbocycles. The summed E-state index contributed by atoms with van der Waals surface area (Å²) in [6.07, 6.45) is 1.48. The molecule has 6 nitrogen and oxygen atoms in total. The molecule has 0 aliphatic rings. The number of anilines is 1. The second kappa shape index (κ2) is 6.41. The van der Waals surface area contributed by atoms with Crippen LogP contribution in [0.15, 0.2) is 40.1 Å². The number of aromatic nitrogens is 2. The van der Waals surface area contributed by atoms with Crippen molar-refractivity contribution in [3.63, 3.8) is 0 Å². The highest BCUT2D eigenvalue weighted by molar-refractivity contribution is 6.30. The quantitative estimate of drug-likeness (QED) is 0.898. The Labute approximate surface area is 125 Å². The Bertz CT molecular complexity index is 780. The predicted molar refractivity (Wildman–Crippen MR) is 80.8 cm³/mol. The summed E-state index contributed by atoms with van der Waals surface area (Å²) >= 11 is 5.85. The summed E-state index contributed by atoms with van der Waals surface area (Å²) in [5.74, 6) is -0.224. The van der Waals surface area contributed by atoms with E-state index in [2.05, 4.69) is 10.3 Å². The van der Waals surface area contributed by atoms with Gasteiger partial charge in [0.1, 0.15) is 0 Å². The Morgan fingerprint density at radius 1 is 1.33 bits per heavy atom. The molecule has 2 rings (SSSR count). The van der Waals surface area contributed by atoms with E-state index in [1.54, 1.807) is 18.2 Å². The van der Waals surface area contributed by atoms with Crippen LogP contribution < -0.4 is 16.6 Å². The number of halogens is 1. The maximum Gasteiger partial charge on any atom is 0.328 e. The summed E-state index contributed by atoms with van der Waals surface area (Å²) in [5.41, 5.74) is 0.547. The highest BCUT2D eigenvalue weighted by Gasteiger charge is 2.06. The van der Waals surface area contributed by atoms with Gasteiger partial charge in [0, 0.05) is 35.9 Å². The third-order valence-corrected chi connectivity index (χ3v) is 3.17. The normalized spacial score (nSPS) is 10.4. The number of aryl methyl sites for hydroxylation is 2. The number of rotatable bonds is 4. The van der Waals surface area contributed by atoms with Crippen molar-refractivity contribution < 1.29 is 4.79 Å². The minimum Gasteiger partial charge on any atom is -0.326 e. The van der Waals surface area contributed by atoms with E-state index in [4.69, 9.17) is 11.6 Å². The molecule has 0 radical (unpaired) electrons. The van der Waals surface area contributed by atoms with Crippen molar-refractivity contribution in [1.29, 1.82) is 0 Å². The van der Waals surface area contributed by atoms with Crippen LogP contribution in [0.3, 0.4) is 0 Å². The summed E-state index contributed by atoms with van der Waals surface area (Å²) in [4.78, 5) is 36.4. The van der Waals surface area contributed by atoms with Crippen molar-refractivity contribution in [1.82, 2.24) is 9.55 Å². The fraction of sp³-hybridized carbons (Fsp3) is 0.214. The van der Waals surface area contributed by atoms with Crippen LogP contribution in [-0.2, 0) is 11.3 Å². The summed E-state index contributed by atoms with van der Waals surface area (Å²) in [7, 11) is 0. The standard InChI is InChI=1S/C14H14ClN3O3/c1-9-8-10(15)2-3-11(9)16-12(19)4-6-18-7-5-13(20)17-14(18)21/h2-3,5,7-8H,4,6H2,1H3,(H,16,19)(H,17,20,21). The summed E-state index contributed by atoms with van der Waals surface area (Å²) < 4.78 is 1.27. The number of nitrogens with zero attached hydrogens (tertiary/aromatic N) is 1. The molecule has 0 saturated heterocycles. The van der Waals surface area contributed by atoms with Gasteiger partial charge in [-0.1, -0.05) is 11.6 Å². The first-order chi connectivity index (χ1) is 9.95. The molecule has 7 heteroatoms. The van der Waals surface area contributed by atoms with Gasteiger partial charge in [0.15, 0.2) is 0 Å². The Kier molecular flexibility index (Phi) is 4.59. The summed E-state index contributed by atoms with van der Waals surface area (Å²) in [6.45, 7) is 2.03. The van der Waals surface area contributed by atoms with E-state index >= 15 is 0 Å². The minimum atomic E-state index is -0.530. The van der Waals surface area contributed by atoms with Gasteiger partial charge in [-0.05, 0) is 30.7 Å². The van der Waals surface area contributed by atoms with Crippen molar-refractivity contribution in [3.8, 4) is 0 Å². The monoisotopic (exact) mass is 307 g/mol. The molecule has 0 aliphatic heterocycles. The fourth-order valence-electron chi connectivity index (χ4n) is 1.82. The molecule has 21 heavy (non-hydrogen) atoms. The number of carbonyl (C=O) groups excluding carboxylic acids is 1. The highest BCUT2D eigenvalue weighted by Crippen LogP contribution is 2.19. The predicted octanol–water partition coefficient (Wildman–Crippen LogP) is 1.53. The maximum atomic E-state index is 11.9. The number of hydrogen-bond donors (Lipinski definition) is 2. The molecule has 0 atom stereocenters. The molecule has 0 fully saturated rings. The third-order valence-electron chi connectivity index (χ3n) is 2.94.